The van der Waals surface area contributed by atoms with E-state index in [1.807, 2.05) is 16.9 Å². The lowest BCUT2D eigenvalue weighted by Crippen LogP contribution is -1.88. The monoisotopic (exact) mass is 240 g/mol. The molecular formula is C8H16O2S3. The van der Waals surface area contributed by atoms with Gasteiger partial charge in [-0.2, -0.15) is 0 Å². The SMILES string of the molecule is CC[C@@H](C)SSC/C=C/O[S@@](C)=O. The van der Waals surface area contributed by atoms with E-state index in [1.54, 1.807) is 10.8 Å². The fraction of sp³-hybridized carbons (Fsp3) is 0.750. The Morgan fingerprint density at radius 1 is 1.62 bits per heavy atom. The van der Waals surface area contributed by atoms with Crippen molar-refractivity contribution in [1.82, 2.24) is 0 Å². The zero-order valence-electron chi connectivity index (χ0n) is 8.19. The highest BCUT2D eigenvalue weighted by atomic mass is 33.1. The van der Waals surface area contributed by atoms with Gasteiger partial charge in [0.2, 0.25) is 11.1 Å². The Morgan fingerprint density at radius 2 is 2.31 bits per heavy atom. The fourth-order valence-electron chi connectivity index (χ4n) is 0.420. The second-order valence-corrected chi connectivity index (χ2v) is 6.31. The summed E-state index contributed by atoms with van der Waals surface area (Å²) in [7, 11) is 3.66. The van der Waals surface area contributed by atoms with E-state index in [4.69, 9.17) is 4.18 Å². The molecular weight excluding hydrogens is 224 g/mol. The van der Waals surface area contributed by atoms with E-state index in [0.29, 0.717) is 5.25 Å². The van der Waals surface area contributed by atoms with Crippen molar-refractivity contribution in [3.05, 3.63) is 12.3 Å². The van der Waals surface area contributed by atoms with Crippen LogP contribution in [0.5, 0.6) is 0 Å². The summed E-state index contributed by atoms with van der Waals surface area (Å²) in [5.74, 6) is 0.895. The number of rotatable bonds is 7. The Bertz CT molecular complexity index is 171. The van der Waals surface area contributed by atoms with Gasteiger partial charge in [-0.15, -0.1) is 0 Å². The molecule has 0 saturated heterocycles. The van der Waals surface area contributed by atoms with Crippen molar-refractivity contribution in [3.63, 3.8) is 0 Å². The third kappa shape index (κ3) is 10.3. The molecule has 0 N–H and O–H groups in total. The van der Waals surface area contributed by atoms with E-state index in [2.05, 4.69) is 13.8 Å². The van der Waals surface area contributed by atoms with Crippen molar-refractivity contribution in [2.45, 2.75) is 25.5 Å². The van der Waals surface area contributed by atoms with Crippen LogP contribution in [-0.4, -0.2) is 21.5 Å². The molecule has 5 heteroatoms. The van der Waals surface area contributed by atoms with Gasteiger partial charge in [0.15, 0.2) is 0 Å². The first kappa shape index (κ1) is 13.4. The molecule has 0 aliphatic heterocycles. The van der Waals surface area contributed by atoms with Crippen molar-refractivity contribution in [1.29, 1.82) is 0 Å². The average molecular weight is 240 g/mol. The minimum Gasteiger partial charge on any atom is -0.409 e. The summed E-state index contributed by atoms with van der Waals surface area (Å²) in [6.45, 7) is 4.39. The molecule has 0 aromatic carbocycles. The van der Waals surface area contributed by atoms with Gasteiger partial charge in [-0.1, -0.05) is 35.4 Å². The molecule has 0 aromatic heterocycles. The largest absolute Gasteiger partial charge is 0.409 e. The molecule has 78 valence electrons. The van der Waals surface area contributed by atoms with Crippen LogP contribution >= 0.6 is 21.6 Å². The van der Waals surface area contributed by atoms with Crippen LogP contribution in [-0.2, 0) is 15.3 Å². The minimum atomic E-state index is -1.18. The summed E-state index contributed by atoms with van der Waals surface area (Å²) in [6, 6.07) is 0. The standard InChI is InChI=1S/C8H16O2S3/c1-4-8(2)12-11-7-5-6-10-13(3)9/h5-6,8H,4,7H2,1-3H3/b6-5+/t8-,13+/m1/s1. The third-order valence-electron chi connectivity index (χ3n) is 1.26. The zero-order chi connectivity index (χ0) is 10.1. The Labute approximate surface area is 90.9 Å². The molecule has 0 unspecified atom stereocenters. The van der Waals surface area contributed by atoms with Gasteiger partial charge in [-0.05, 0) is 12.5 Å². The van der Waals surface area contributed by atoms with E-state index in [-0.39, 0.29) is 0 Å². The molecule has 0 amide bonds. The van der Waals surface area contributed by atoms with Gasteiger partial charge in [0.25, 0.3) is 0 Å². The second-order valence-electron chi connectivity index (χ2n) is 2.47. The normalized spacial score (nSPS) is 15.9. The molecule has 0 spiro atoms. The molecule has 2 nitrogen and oxygen atoms in total. The van der Waals surface area contributed by atoms with E-state index in [9.17, 15) is 4.21 Å². The van der Waals surface area contributed by atoms with Gasteiger partial charge in [-0.25, -0.2) is 4.21 Å². The maximum Gasteiger partial charge on any atom is 0.202 e. The van der Waals surface area contributed by atoms with E-state index >= 15 is 0 Å². The summed E-state index contributed by atoms with van der Waals surface area (Å²) >= 11 is -1.18. The predicted molar refractivity (Wildman–Crippen MR) is 64.1 cm³/mol. The topological polar surface area (TPSA) is 26.3 Å². The van der Waals surface area contributed by atoms with Crippen LogP contribution in [0.1, 0.15) is 20.3 Å². The Kier molecular flexibility index (Phi) is 9.23. The lowest BCUT2D eigenvalue weighted by molar-refractivity contribution is 0.510. The summed E-state index contributed by atoms with van der Waals surface area (Å²) in [5.41, 5.74) is 0. The molecule has 0 bridgehead atoms. The summed E-state index contributed by atoms with van der Waals surface area (Å²) in [6.07, 6.45) is 6.07. The van der Waals surface area contributed by atoms with E-state index in [1.165, 1.54) is 18.9 Å². The Balaban J connectivity index is 3.25. The highest BCUT2D eigenvalue weighted by Crippen LogP contribution is 2.27. The predicted octanol–water partition coefficient (Wildman–Crippen LogP) is 2.99. The van der Waals surface area contributed by atoms with Crippen LogP contribution in [0.4, 0.5) is 0 Å². The number of hydrogen-bond acceptors (Lipinski definition) is 4. The number of hydrogen-bond donors (Lipinski definition) is 0. The van der Waals surface area contributed by atoms with Crippen molar-refractivity contribution >= 4 is 32.7 Å². The molecule has 2 atom stereocenters. The Hall–Kier alpha value is 0.390. The van der Waals surface area contributed by atoms with Crippen molar-refractivity contribution in [2.75, 3.05) is 12.0 Å². The van der Waals surface area contributed by atoms with Crippen molar-refractivity contribution in [3.8, 4) is 0 Å². The Morgan fingerprint density at radius 3 is 2.85 bits per heavy atom. The third-order valence-corrected chi connectivity index (χ3v) is 4.57. The lowest BCUT2D eigenvalue weighted by Gasteiger charge is -2.04. The average Bonchev–Trinajstić information content (AvgIpc) is 2.10. The molecule has 0 heterocycles. The van der Waals surface area contributed by atoms with Gasteiger partial charge in [0, 0.05) is 17.3 Å². The van der Waals surface area contributed by atoms with Crippen LogP contribution in [0, 0.1) is 0 Å². The quantitative estimate of drug-likeness (QED) is 0.388. The van der Waals surface area contributed by atoms with Crippen LogP contribution in [0.15, 0.2) is 12.3 Å². The van der Waals surface area contributed by atoms with Gasteiger partial charge in [0.05, 0.1) is 0 Å². The fourth-order valence-corrected chi connectivity index (χ4v) is 2.84. The molecule has 0 radical (unpaired) electrons. The highest BCUT2D eigenvalue weighted by Gasteiger charge is 1.97. The summed E-state index contributed by atoms with van der Waals surface area (Å²) in [4.78, 5) is 0. The molecule has 0 fully saturated rings. The van der Waals surface area contributed by atoms with Crippen LogP contribution in [0.3, 0.4) is 0 Å². The first-order chi connectivity index (χ1) is 6.16. The van der Waals surface area contributed by atoms with Gasteiger partial charge in [-0.3, -0.25) is 0 Å². The lowest BCUT2D eigenvalue weighted by atomic mass is 10.4. The van der Waals surface area contributed by atoms with Gasteiger partial charge < -0.3 is 4.18 Å². The maximum atomic E-state index is 10.5. The molecule has 0 aliphatic rings. The second kappa shape index (κ2) is 8.97. The van der Waals surface area contributed by atoms with Gasteiger partial charge in [0.1, 0.15) is 6.26 Å². The molecule has 0 aliphatic carbocycles. The summed E-state index contributed by atoms with van der Waals surface area (Å²) < 4.78 is 15.2. The molecule has 0 saturated carbocycles. The molecule has 0 rings (SSSR count). The van der Waals surface area contributed by atoms with Crippen LogP contribution < -0.4 is 0 Å². The summed E-state index contributed by atoms with van der Waals surface area (Å²) in [5, 5.41) is 0.694. The van der Waals surface area contributed by atoms with Crippen molar-refractivity contribution < 1.29 is 8.39 Å². The van der Waals surface area contributed by atoms with E-state index in [0.717, 1.165) is 5.75 Å². The first-order valence-corrected chi connectivity index (χ1v) is 7.97. The molecule has 0 aromatic rings. The van der Waals surface area contributed by atoms with Gasteiger partial charge >= 0.3 is 0 Å². The smallest absolute Gasteiger partial charge is 0.202 e. The zero-order valence-corrected chi connectivity index (χ0v) is 10.6. The van der Waals surface area contributed by atoms with Crippen LogP contribution in [0.25, 0.3) is 0 Å². The highest BCUT2D eigenvalue weighted by molar-refractivity contribution is 8.77. The first-order valence-electron chi connectivity index (χ1n) is 4.10. The molecule has 13 heavy (non-hydrogen) atoms. The van der Waals surface area contributed by atoms with Crippen molar-refractivity contribution in [2.24, 2.45) is 0 Å². The maximum absolute atomic E-state index is 10.5. The van der Waals surface area contributed by atoms with Crippen LogP contribution in [0.2, 0.25) is 0 Å². The van der Waals surface area contributed by atoms with E-state index < -0.39 is 11.1 Å². The minimum absolute atomic E-state index is 0.694.